The van der Waals surface area contributed by atoms with Crippen molar-refractivity contribution in [1.29, 1.82) is 0 Å². The van der Waals surface area contributed by atoms with Crippen LogP contribution in [0.4, 0.5) is 4.39 Å². The smallest absolute Gasteiger partial charge is 0.274 e. The van der Waals surface area contributed by atoms with E-state index >= 15 is 0 Å². The molecule has 1 aromatic carbocycles. The summed E-state index contributed by atoms with van der Waals surface area (Å²) < 4.78 is 27.8. The maximum absolute atomic E-state index is 13.6. The molecule has 2 amide bonds. The molecule has 0 unspecified atom stereocenters. The van der Waals surface area contributed by atoms with Gasteiger partial charge in [0.2, 0.25) is 5.91 Å². The van der Waals surface area contributed by atoms with Gasteiger partial charge in [0, 0.05) is 56.3 Å². The number of aromatic nitrogens is 2. The monoisotopic (exact) mass is 562 g/mol. The summed E-state index contributed by atoms with van der Waals surface area (Å²) in [5, 5.41) is 4.65. The van der Waals surface area contributed by atoms with Crippen molar-refractivity contribution in [3.05, 3.63) is 45.4 Å². The lowest BCUT2D eigenvalue weighted by Crippen LogP contribution is -2.48. The van der Waals surface area contributed by atoms with Crippen molar-refractivity contribution in [3.8, 4) is 5.75 Å². The summed E-state index contributed by atoms with van der Waals surface area (Å²) in [6, 6.07) is 4.38. The van der Waals surface area contributed by atoms with Crippen molar-refractivity contribution >= 4 is 27.7 Å². The topological polar surface area (TPSA) is 76.9 Å². The van der Waals surface area contributed by atoms with E-state index < -0.39 is 0 Å². The van der Waals surface area contributed by atoms with E-state index in [0.29, 0.717) is 54.9 Å². The number of likely N-dealkylation sites (tertiary alicyclic amines) is 1. The Hall–Kier alpha value is -2.46. The molecule has 2 fully saturated rings. The zero-order valence-corrected chi connectivity index (χ0v) is 22.3. The molecule has 2 aromatic rings. The van der Waals surface area contributed by atoms with Crippen LogP contribution in [0.2, 0.25) is 0 Å². The van der Waals surface area contributed by atoms with Crippen LogP contribution in [0.1, 0.15) is 54.9 Å². The first-order valence-electron chi connectivity index (χ1n) is 12.7. The van der Waals surface area contributed by atoms with Crippen molar-refractivity contribution in [3.63, 3.8) is 0 Å². The second-order valence-corrected chi connectivity index (χ2v) is 10.9. The van der Waals surface area contributed by atoms with Gasteiger partial charge in [-0.1, -0.05) is 0 Å². The van der Waals surface area contributed by atoms with Gasteiger partial charge in [0.15, 0.2) is 5.69 Å². The summed E-state index contributed by atoms with van der Waals surface area (Å²) in [5.74, 6) is 0.0595. The third-order valence-corrected chi connectivity index (χ3v) is 7.84. The molecule has 1 aromatic heterocycles. The number of piperidine rings is 1. The number of morpholine rings is 1. The van der Waals surface area contributed by atoms with E-state index in [1.165, 1.54) is 12.1 Å². The van der Waals surface area contributed by atoms with Crippen molar-refractivity contribution in [2.45, 2.75) is 70.8 Å². The highest BCUT2D eigenvalue weighted by atomic mass is 79.9. The van der Waals surface area contributed by atoms with Gasteiger partial charge in [-0.2, -0.15) is 5.10 Å². The number of rotatable bonds is 5. The number of fused-ring (bicyclic) bond motifs is 1. The first-order chi connectivity index (χ1) is 17.3. The maximum atomic E-state index is 13.6. The lowest BCUT2D eigenvalue weighted by molar-refractivity contribution is -0.133. The number of nitrogens with zero attached hydrogens (tertiary/aromatic N) is 4. The lowest BCUT2D eigenvalue weighted by Gasteiger charge is -2.35. The molecule has 0 spiro atoms. The minimum Gasteiger partial charge on any atom is -0.489 e. The maximum Gasteiger partial charge on any atom is 0.274 e. The highest BCUT2D eigenvalue weighted by molar-refractivity contribution is 9.10. The Morgan fingerprint density at radius 2 is 1.86 bits per heavy atom. The van der Waals surface area contributed by atoms with Crippen molar-refractivity contribution < 1.29 is 23.5 Å². The molecule has 2 saturated heterocycles. The van der Waals surface area contributed by atoms with Crippen molar-refractivity contribution in [2.24, 2.45) is 0 Å². The molecular formula is C26H32BrFN4O4. The van der Waals surface area contributed by atoms with Gasteiger partial charge in [-0.25, -0.2) is 4.39 Å². The number of carbonyl (C=O) groups excluding carboxylic acids is 2. The molecule has 1 aliphatic carbocycles. The van der Waals surface area contributed by atoms with Crippen molar-refractivity contribution in [2.75, 3.05) is 26.2 Å². The number of halogens is 2. The molecule has 8 nitrogen and oxygen atoms in total. The summed E-state index contributed by atoms with van der Waals surface area (Å²) >= 11 is 3.40. The highest BCUT2D eigenvalue weighted by Crippen LogP contribution is 2.30. The third kappa shape index (κ3) is 5.29. The Labute approximate surface area is 218 Å². The Morgan fingerprint density at radius 1 is 1.14 bits per heavy atom. The number of hydrogen-bond donors (Lipinski definition) is 0. The fraction of sp³-hybridized carbons (Fsp3) is 0.577. The number of hydrogen-bond acceptors (Lipinski definition) is 5. The normalized spacial score (nSPS) is 22.6. The predicted octanol–water partition coefficient (Wildman–Crippen LogP) is 3.59. The fourth-order valence-corrected chi connectivity index (χ4v) is 5.84. The lowest BCUT2D eigenvalue weighted by atomic mass is 10.1. The molecule has 3 heterocycles. The van der Waals surface area contributed by atoms with Crippen LogP contribution in [0.15, 0.2) is 22.7 Å². The molecule has 36 heavy (non-hydrogen) atoms. The average molecular weight is 563 g/mol. The average Bonchev–Trinajstić information content (AvgIpc) is 3.45. The van der Waals surface area contributed by atoms with Gasteiger partial charge in [-0.3, -0.25) is 14.3 Å². The van der Waals surface area contributed by atoms with Gasteiger partial charge in [0.1, 0.15) is 24.2 Å². The highest BCUT2D eigenvalue weighted by Gasteiger charge is 2.33. The minimum absolute atomic E-state index is 0.00907. The summed E-state index contributed by atoms with van der Waals surface area (Å²) in [5.41, 5.74) is 2.49. The molecule has 0 bridgehead atoms. The van der Waals surface area contributed by atoms with Crippen LogP contribution in [-0.2, 0) is 28.9 Å². The van der Waals surface area contributed by atoms with Crippen LogP contribution in [0.5, 0.6) is 5.75 Å². The number of benzene rings is 1. The SMILES string of the molecule is C[C@@H]1CN(C(=O)c2nn(CC(=O)N3CCC(Oc4cc(F)ccc4Br)CC3)c3c2CCC3)C[C@H](C)O1. The van der Waals surface area contributed by atoms with E-state index in [9.17, 15) is 14.0 Å². The number of amides is 2. The van der Waals surface area contributed by atoms with Gasteiger partial charge >= 0.3 is 0 Å². The van der Waals surface area contributed by atoms with Crippen molar-refractivity contribution in [1.82, 2.24) is 19.6 Å². The molecule has 0 radical (unpaired) electrons. The third-order valence-electron chi connectivity index (χ3n) is 7.18. The molecule has 2 atom stereocenters. The van der Waals surface area contributed by atoms with Crippen LogP contribution in [0.25, 0.3) is 0 Å². The molecule has 2 aliphatic heterocycles. The van der Waals surface area contributed by atoms with Gasteiger partial charge < -0.3 is 19.3 Å². The first kappa shape index (κ1) is 25.2. The Bertz CT molecular complexity index is 1140. The van der Waals surface area contributed by atoms with Crippen LogP contribution in [0.3, 0.4) is 0 Å². The van der Waals surface area contributed by atoms with E-state index in [0.717, 1.165) is 30.5 Å². The first-order valence-corrected chi connectivity index (χ1v) is 13.5. The fourth-order valence-electron chi connectivity index (χ4n) is 5.50. The molecule has 5 rings (SSSR count). The molecule has 0 N–H and O–H groups in total. The Morgan fingerprint density at radius 3 is 2.58 bits per heavy atom. The number of ether oxygens (including phenoxy) is 2. The standard InChI is InChI=1S/C26H32BrFN4O4/c1-16-13-31(14-17(2)35-16)26(34)25-20-4-3-5-22(20)32(29-25)15-24(33)30-10-8-19(9-11-30)36-23-12-18(28)6-7-21(23)27/h6-7,12,16-17,19H,3-5,8-11,13-15H2,1-2H3/t16-,17+. The van der Waals surface area contributed by atoms with Crippen LogP contribution >= 0.6 is 15.9 Å². The predicted molar refractivity (Wildman–Crippen MR) is 134 cm³/mol. The zero-order chi connectivity index (χ0) is 25.4. The largest absolute Gasteiger partial charge is 0.489 e. The second-order valence-electron chi connectivity index (χ2n) is 10.0. The quantitative estimate of drug-likeness (QED) is 0.556. The van der Waals surface area contributed by atoms with Crippen LogP contribution in [0, 0.1) is 5.82 Å². The zero-order valence-electron chi connectivity index (χ0n) is 20.7. The molecule has 0 saturated carbocycles. The Balaban J connectivity index is 1.22. The minimum atomic E-state index is -0.344. The van der Waals surface area contributed by atoms with Crippen LogP contribution < -0.4 is 4.74 Å². The van der Waals surface area contributed by atoms with Gasteiger partial charge in [-0.05, 0) is 61.2 Å². The van der Waals surface area contributed by atoms with Gasteiger partial charge in [0.25, 0.3) is 5.91 Å². The number of carbonyl (C=O) groups is 2. The second kappa shape index (κ2) is 10.5. The molecule has 194 valence electrons. The summed E-state index contributed by atoms with van der Waals surface area (Å²) in [7, 11) is 0. The van der Waals surface area contributed by atoms with E-state index in [2.05, 4.69) is 21.0 Å². The van der Waals surface area contributed by atoms with E-state index in [4.69, 9.17) is 9.47 Å². The van der Waals surface area contributed by atoms with E-state index in [-0.39, 0.29) is 42.5 Å². The van der Waals surface area contributed by atoms with E-state index in [1.807, 2.05) is 23.6 Å². The molecular weight excluding hydrogens is 531 g/mol. The Kier molecular flexibility index (Phi) is 7.35. The summed E-state index contributed by atoms with van der Waals surface area (Å²) in [6.45, 7) is 6.31. The summed E-state index contributed by atoms with van der Waals surface area (Å²) in [6.07, 6.45) is 3.85. The molecule has 10 heteroatoms. The van der Waals surface area contributed by atoms with Gasteiger partial charge in [0.05, 0.1) is 16.7 Å². The van der Waals surface area contributed by atoms with E-state index in [1.54, 1.807) is 10.7 Å². The molecule has 3 aliphatic rings. The summed E-state index contributed by atoms with van der Waals surface area (Å²) in [4.78, 5) is 30.2. The van der Waals surface area contributed by atoms with Crippen LogP contribution in [-0.4, -0.2) is 75.9 Å². The van der Waals surface area contributed by atoms with Gasteiger partial charge in [-0.15, -0.1) is 0 Å².